The molecule has 4 rings (SSSR count). The Bertz CT molecular complexity index is 929. The van der Waals surface area contributed by atoms with Crippen molar-refractivity contribution in [1.82, 2.24) is 4.90 Å². The van der Waals surface area contributed by atoms with Gasteiger partial charge in [-0.15, -0.1) is 0 Å². The van der Waals surface area contributed by atoms with Crippen molar-refractivity contribution < 1.29 is 18.7 Å². The average Bonchev–Trinajstić information content (AvgIpc) is 3.04. The minimum atomic E-state index is -0.430. The van der Waals surface area contributed by atoms with E-state index in [0.717, 1.165) is 11.3 Å². The number of rotatable bonds is 4. The summed E-state index contributed by atoms with van der Waals surface area (Å²) in [6.07, 6.45) is 0.269. The molecule has 6 nitrogen and oxygen atoms in total. The average molecular weight is 404 g/mol. The van der Waals surface area contributed by atoms with E-state index in [4.69, 9.17) is 16.3 Å². The first-order chi connectivity index (χ1) is 13.5. The summed E-state index contributed by atoms with van der Waals surface area (Å²) in [5, 5.41) is 2.95. The van der Waals surface area contributed by atoms with Crippen molar-refractivity contribution in [3.8, 4) is 5.75 Å². The number of hydrogen-bond acceptors (Lipinski definition) is 5. The molecule has 0 bridgehead atoms. The van der Waals surface area contributed by atoms with Gasteiger partial charge in [-0.3, -0.25) is 14.5 Å². The van der Waals surface area contributed by atoms with E-state index in [9.17, 15) is 14.0 Å². The van der Waals surface area contributed by atoms with Gasteiger partial charge in [-0.1, -0.05) is 17.7 Å². The van der Waals surface area contributed by atoms with Crippen molar-refractivity contribution in [2.75, 3.05) is 42.9 Å². The Kier molecular flexibility index (Phi) is 5.19. The molecule has 8 heteroatoms. The molecule has 2 aromatic carbocycles. The Hall–Kier alpha value is -2.64. The van der Waals surface area contributed by atoms with Crippen LogP contribution in [0.3, 0.4) is 0 Å². The molecule has 2 aliphatic rings. The van der Waals surface area contributed by atoms with Gasteiger partial charge in [0.2, 0.25) is 5.91 Å². The number of amides is 1. The SMILES string of the molecule is O=C(CN1CCN(c2ccc(Cl)c(F)c2)CC1)Nc1ccc2c(c1)OC(=O)C2. The van der Waals surface area contributed by atoms with Crippen LogP contribution in [0.15, 0.2) is 36.4 Å². The summed E-state index contributed by atoms with van der Waals surface area (Å²) in [7, 11) is 0. The lowest BCUT2D eigenvalue weighted by atomic mass is 10.1. The fourth-order valence-electron chi connectivity index (χ4n) is 3.44. The fourth-order valence-corrected chi connectivity index (χ4v) is 3.55. The maximum Gasteiger partial charge on any atom is 0.315 e. The molecule has 1 amide bonds. The third kappa shape index (κ3) is 4.10. The molecule has 0 aliphatic carbocycles. The van der Waals surface area contributed by atoms with Gasteiger partial charge < -0.3 is 15.0 Å². The number of carbonyl (C=O) groups excluding carboxylic acids is 2. The minimum Gasteiger partial charge on any atom is -0.426 e. The summed E-state index contributed by atoms with van der Waals surface area (Å²) < 4.78 is 18.8. The number of hydrogen-bond donors (Lipinski definition) is 1. The first-order valence-electron chi connectivity index (χ1n) is 9.04. The van der Waals surface area contributed by atoms with Crippen LogP contribution in [0.5, 0.6) is 5.75 Å². The van der Waals surface area contributed by atoms with Gasteiger partial charge in [-0.2, -0.15) is 0 Å². The Morgan fingerprint density at radius 1 is 1.14 bits per heavy atom. The second-order valence-corrected chi connectivity index (χ2v) is 7.29. The normalized spacial score (nSPS) is 16.6. The van der Waals surface area contributed by atoms with Crippen molar-refractivity contribution in [2.24, 2.45) is 0 Å². The maximum atomic E-state index is 13.6. The summed E-state index contributed by atoms with van der Waals surface area (Å²) in [6, 6.07) is 10.0. The first kappa shape index (κ1) is 18.7. The molecule has 2 aromatic rings. The fraction of sp³-hybridized carbons (Fsp3) is 0.300. The van der Waals surface area contributed by atoms with Gasteiger partial charge in [0.1, 0.15) is 11.6 Å². The highest BCUT2D eigenvalue weighted by Crippen LogP contribution is 2.29. The number of piperazine rings is 1. The topological polar surface area (TPSA) is 61.9 Å². The van der Waals surface area contributed by atoms with E-state index in [-0.39, 0.29) is 29.9 Å². The second kappa shape index (κ2) is 7.77. The molecule has 2 aliphatic heterocycles. The number of benzene rings is 2. The monoisotopic (exact) mass is 403 g/mol. The van der Waals surface area contributed by atoms with Crippen molar-refractivity contribution in [2.45, 2.75) is 6.42 Å². The molecule has 28 heavy (non-hydrogen) atoms. The van der Waals surface area contributed by atoms with E-state index >= 15 is 0 Å². The van der Waals surface area contributed by atoms with Crippen molar-refractivity contribution in [1.29, 1.82) is 0 Å². The Balaban J connectivity index is 1.29. The van der Waals surface area contributed by atoms with E-state index in [1.807, 2.05) is 4.90 Å². The zero-order valence-corrected chi connectivity index (χ0v) is 15.8. The lowest BCUT2D eigenvalue weighted by Gasteiger charge is -2.35. The van der Waals surface area contributed by atoms with Gasteiger partial charge in [-0.25, -0.2) is 4.39 Å². The second-order valence-electron chi connectivity index (χ2n) is 6.88. The molecule has 0 spiro atoms. The minimum absolute atomic E-state index is 0.111. The van der Waals surface area contributed by atoms with Crippen LogP contribution in [-0.4, -0.2) is 49.5 Å². The first-order valence-corrected chi connectivity index (χ1v) is 9.41. The Morgan fingerprint density at radius 2 is 1.93 bits per heavy atom. The van der Waals surface area contributed by atoms with Gasteiger partial charge in [0.05, 0.1) is 18.0 Å². The van der Waals surface area contributed by atoms with E-state index in [1.54, 1.807) is 30.3 Å². The molecule has 1 fully saturated rings. The van der Waals surface area contributed by atoms with Gasteiger partial charge in [0.25, 0.3) is 0 Å². The molecule has 0 atom stereocenters. The van der Waals surface area contributed by atoms with Crippen LogP contribution in [0.2, 0.25) is 5.02 Å². The molecule has 0 unspecified atom stereocenters. The van der Waals surface area contributed by atoms with Crippen LogP contribution in [0.1, 0.15) is 5.56 Å². The molecule has 146 valence electrons. The summed E-state index contributed by atoms with van der Waals surface area (Å²) in [5.74, 6) is -0.334. The van der Waals surface area contributed by atoms with E-state index < -0.39 is 5.82 Å². The van der Waals surface area contributed by atoms with E-state index in [2.05, 4.69) is 10.2 Å². The number of anilines is 2. The molecule has 2 heterocycles. The molecular weight excluding hydrogens is 385 g/mol. The van der Waals surface area contributed by atoms with Crippen LogP contribution in [0.25, 0.3) is 0 Å². The number of nitrogens with zero attached hydrogens (tertiary/aromatic N) is 2. The Labute approximate surface area is 166 Å². The smallest absolute Gasteiger partial charge is 0.315 e. The van der Waals surface area contributed by atoms with Crippen LogP contribution in [0, 0.1) is 5.82 Å². The summed E-state index contributed by atoms with van der Waals surface area (Å²) >= 11 is 5.73. The molecule has 0 saturated carbocycles. The van der Waals surface area contributed by atoms with Gasteiger partial charge in [-0.05, 0) is 24.3 Å². The molecular formula is C20H19ClFN3O3. The predicted molar refractivity (Wildman–Crippen MR) is 104 cm³/mol. The predicted octanol–water partition coefficient (Wildman–Crippen LogP) is 2.70. The zero-order chi connectivity index (χ0) is 19.7. The third-order valence-corrected chi connectivity index (χ3v) is 5.22. The van der Waals surface area contributed by atoms with Crippen LogP contribution in [-0.2, 0) is 16.0 Å². The van der Waals surface area contributed by atoms with Gasteiger partial charge in [0.15, 0.2) is 0 Å². The highest BCUT2D eigenvalue weighted by Gasteiger charge is 2.22. The molecule has 1 saturated heterocycles. The quantitative estimate of drug-likeness (QED) is 0.628. The van der Waals surface area contributed by atoms with Crippen LogP contribution >= 0.6 is 11.6 Å². The highest BCUT2D eigenvalue weighted by atomic mass is 35.5. The number of nitrogens with one attached hydrogen (secondary N) is 1. The van der Waals surface area contributed by atoms with Crippen LogP contribution < -0.4 is 15.0 Å². The summed E-state index contributed by atoms with van der Waals surface area (Å²) in [4.78, 5) is 27.8. The third-order valence-electron chi connectivity index (χ3n) is 4.92. The van der Waals surface area contributed by atoms with Gasteiger partial charge >= 0.3 is 5.97 Å². The van der Waals surface area contributed by atoms with E-state index in [1.165, 1.54) is 6.07 Å². The number of esters is 1. The van der Waals surface area contributed by atoms with E-state index in [0.29, 0.717) is 37.6 Å². The van der Waals surface area contributed by atoms with Crippen LogP contribution in [0.4, 0.5) is 15.8 Å². The molecule has 0 aromatic heterocycles. The van der Waals surface area contributed by atoms with Crippen molar-refractivity contribution in [3.63, 3.8) is 0 Å². The summed E-state index contributed by atoms with van der Waals surface area (Å²) in [5.41, 5.74) is 2.23. The summed E-state index contributed by atoms with van der Waals surface area (Å²) in [6.45, 7) is 3.05. The molecule has 0 radical (unpaired) electrons. The highest BCUT2D eigenvalue weighted by molar-refractivity contribution is 6.30. The number of carbonyl (C=O) groups is 2. The van der Waals surface area contributed by atoms with Crippen molar-refractivity contribution >= 4 is 34.9 Å². The maximum absolute atomic E-state index is 13.6. The zero-order valence-electron chi connectivity index (χ0n) is 15.1. The van der Waals surface area contributed by atoms with Crippen molar-refractivity contribution in [3.05, 3.63) is 52.8 Å². The number of halogens is 2. The Morgan fingerprint density at radius 3 is 2.68 bits per heavy atom. The number of fused-ring (bicyclic) bond motifs is 1. The number of ether oxygens (including phenoxy) is 1. The standard InChI is InChI=1S/C20H19ClFN3O3/c21-16-4-3-15(11-17(16)22)25-7-5-24(6-8-25)12-19(26)23-14-2-1-13-9-20(27)28-18(13)10-14/h1-4,10-11H,5-9,12H2,(H,23,26). The largest absolute Gasteiger partial charge is 0.426 e. The van der Waals surface area contributed by atoms with Gasteiger partial charge in [0, 0.05) is 49.2 Å². The lowest BCUT2D eigenvalue weighted by Crippen LogP contribution is -2.48. The lowest BCUT2D eigenvalue weighted by molar-refractivity contribution is -0.131. The molecule has 1 N–H and O–H groups in total.